The van der Waals surface area contributed by atoms with Gasteiger partial charge in [-0.25, -0.2) is 0 Å². The Morgan fingerprint density at radius 2 is 1.74 bits per heavy atom. The van der Waals surface area contributed by atoms with Crippen LogP contribution < -0.4 is 11.1 Å². The molecule has 3 nitrogen and oxygen atoms in total. The zero-order chi connectivity index (χ0) is 13.8. The van der Waals surface area contributed by atoms with E-state index in [0.29, 0.717) is 12.0 Å². The monoisotopic (exact) mass is 266 g/mol. The number of nitrogens with two attached hydrogens (primary N) is 1. The van der Waals surface area contributed by atoms with Crippen molar-refractivity contribution in [1.29, 1.82) is 0 Å². The summed E-state index contributed by atoms with van der Waals surface area (Å²) in [5, 5.41) is 3.29. The first-order valence-corrected chi connectivity index (χ1v) is 8.14. The topological polar surface area (TPSA) is 55.1 Å². The Kier molecular flexibility index (Phi) is 5.26. The summed E-state index contributed by atoms with van der Waals surface area (Å²) in [7, 11) is 0. The average Bonchev–Trinajstić information content (AvgIpc) is 2.54. The van der Waals surface area contributed by atoms with Crippen LogP contribution in [0.25, 0.3) is 0 Å². The summed E-state index contributed by atoms with van der Waals surface area (Å²) in [4.78, 5) is 12.5. The molecule has 5 atom stereocenters. The van der Waals surface area contributed by atoms with Gasteiger partial charge in [0, 0.05) is 12.1 Å². The molecule has 0 radical (unpaired) electrons. The highest BCUT2D eigenvalue weighted by Gasteiger charge is 2.34. The second kappa shape index (κ2) is 6.74. The first kappa shape index (κ1) is 14.8. The standard InChI is InChI=1S/C16H30N2O/c1-11-5-3-7-13(10-9-11)18-16(19)15-12(2)6-4-8-14(15)17/h11-15H,3-10,17H2,1-2H3,(H,18,19). The first-order chi connectivity index (χ1) is 9.08. The van der Waals surface area contributed by atoms with Crippen LogP contribution >= 0.6 is 0 Å². The number of hydrogen-bond donors (Lipinski definition) is 2. The molecule has 0 aromatic carbocycles. The van der Waals surface area contributed by atoms with Crippen molar-refractivity contribution >= 4 is 5.91 Å². The first-order valence-electron chi connectivity index (χ1n) is 8.14. The van der Waals surface area contributed by atoms with Crippen molar-refractivity contribution in [2.45, 2.75) is 77.3 Å². The second-order valence-corrected chi connectivity index (χ2v) is 6.92. The third kappa shape index (κ3) is 3.95. The van der Waals surface area contributed by atoms with Gasteiger partial charge in [0.05, 0.1) is 5.92 Å². The van der Waals surface area contributed by atoms with E-state index in [0.717, 1.165) is 31.6 Å². The Morgan fingerprint density at radius 3 is 2.47 bits per heavy atom. The molecule has 2 aliphatic rings. The Labute approximate surface area is 117 Å². The molecule has 0 bridgehead atoms. The SMILES string of the molecule is CC1CCCC(NC(=O)C2C(C)CCCC2N)CC1. The summed E-state index contributed by atoms with van der Waals surface area (Å²) in [5.74, 6) is 1.51. The van der Waals surface area contributed by atoms with Crippen LogP contribution in [-0.4, -0.2) is 18.0 Å². The van der Waals surface area contributed by atoms with Crippen molar-refractivity contribution in [3.05, 3.63) is 0 Å². The van der Waals surface area contributed by atoms with E-state index in [1.807, 2.05) is 0 Å². The van der Waals surface area contributed by atoms with E-state index in [-0.39, 0.29) is 17.9 Å². The predicted octanol–water partition coefficient (Wildman–Crippen LogP) is 2.83. The molecule has 1 amide bonds. The van der Waals surface area contributed by atoms with Crippen molar-refractivity contribution in [1.82, 2.24) is 5.32 Å². The number of rotatable bonds is 2. The summed E-state index contributed by atoms with van der Waals surface area (Å²) in [6, 6.07) is 0.451. The van der Waals surface area contributed by atoms with Crippen LogP contribution in [0.1, 0.15) is 65.2 Å². The summed E-state index contributed by atoms with van der Waals surface area (Å²) >= 11 is 0. The predicted molar refractivity (Wildman–Crippen MR) is 78.7 cm³/mol. The quantitative estimate of drug-likeness (QED) is 0.755. The van der Waals surface area contributed by atoms with Crippen molar-refractivity contribution in [2.24, 2.45) is 23.5 Å². The normalized spacial score (nSPS) is 40.5. The Hall–Kier alpha value is -0.570. The number of carbonyl (C=O) groups is 1. The van der Waals surface area contributed by atoms with Gasteiger partial charge >= 0.3 is 0 Å². The molecular formula is C16H30N2O. The molecule has 0 aliphatic heterocycles. The van der Waals surface area contributed by atoms with Crippen molar-refractivity contribution < 1.29 is 4.79 Å². The number of amides is 1. The molecule has 3 heteroatoms. The fourth-order valence-electron chi connectivity index (χ4n) is 3.84. The zero-order valence-electron chi connectivity index (χ0n) is 12.5. The van der Waals surface area contributed by atoms with E-state index >= 15 is 0 Å². The smallest absolute Gasteiger partial charge is 0.225 e. The Balaban J connectivity index is 1.88. The summed E-state index contributed by atoms with van der Waals surface area (Å²) in [6.45, 7) is 4.50. The average molecular weight is 266 g/mol. The third-order valence-corrected chi connectivity index (χ3v) is 5.18. The van der Waals surface area contributed by atoms with E-state index in [4.69, 9.17) is 5.73 Å². The lowest BCUT2D eigenvalue weighted by Gasteiger charge is -2.34. The molecule has 3 N–H and O–H groups in total. The van der Waals surface area contributed by atoms with Crippen LogP contribution in [0.15, 0.2) is 0 Å². The Morgan fingerprint density at radius 1 is 1.00 bits per heavy atom. The van der Waals surface area contributed by atoms with Crippen LogP contribution in [0.4, 0.5) is 0 Å². The van der Waals surface area contributed by atoms with Crippen LogP contribution in [0.5, 0.6) is 0 Å². The third-order valence-electron chi connectivity index (χ3n) is 5.18. The van der Waals surface area contributed by atoms with Gasteiger partial charge < -0.3 is 11.1 Å². The summed E-state index contributed by atoms with van der Waals surface area (Å²) in [5.41, 5.74) is 6.17. The lowest BCUT2D eigenvalue weighted by Crippen LogP contribution is -2.49. The van der Waals surface area contributed by atoms with Gasteiger partial charge in [0.1, 0.15) is 0 Å². The fraction of sp³-hybridized carbons (Fsp3) is 0.938. The minimum absolute atomic E-state index is 0.0365. The van der Waals surface area contributed by atoms with Gasteiger partial charge in [-0.1, -0.05) is 33.1 Å². The molecule has 0 spiro atoms. The van der Waals surface area contributed by atoms with E-state index in [1.54, 1.807) is 0 Å². The summed E-state index contributed by atoms with van der Waals surface area (Å²) in [6.07, 6.45) is 9.42. The van der Waals surface area contributed by atoms with Crippen LogP contribution in [0, 0.1) is 17.8 Å². The molecule has 19 heavy (non-hydrogen) atoms. The number of carbonyl (C=O) groups excluding carboxylic acids is 1. The maximum absolute atomic E-state index is 12.5. The van der Waals surface area contributed by atoms with E-state index in [9.17, 15) is 4.79 Å². The molecule has 2 saturated carbocycles. The highest BCUT2D eigenvalue weighted by Crippen LogP contribution is 2.30. The van der Waals surface area contributed by atoms with E-state index in [2.05, 4.69) is 19.2 Å². The lowest BCUT2D eigenvalue weighted by atomic mass is 9.76. The van der Waals surface area contributed by atoms with Gasteiger partial charge in [-0.3, -0.25) is 4.79 Å². The van der Waals surface area contributed by atoms with Crippen LogP contribution in [-0.2, 0) is 4.79 Å². The van der Waals surface area contributed by atoms with Crippen LogP contribution in [0.2, 0.25) is 0 Å². The lowest BCUT2D eigenvalue weighted by molar-refractivity contribution is -0.129. The van der Waals surface area contributed by atoms with Gasteiger partial charge in [0.25, 0.3) is 0 Å². The van der Waals surface area contributed by atoms with Crippen molar-refractivity contribution in [2.75, 3.05) is 0 Å². The van der Waals surface area contributed by atoms with E-state index < -0.39 is 0 Å². The minimum atomic E-state index is 0.0365. The van der Waals surface area contributed by atoms with Crippen molar-refractivity contribution in [3.63, 3.8) is 0 Å². The van der Waals surface area contributed by atoms with Crippen LogP contribution in [0.3, 0.4) is 0 Å². The van der Waals surface area contributed by atoms with Gasteiger partial charge in [0.15, 0.2) is 0 Å². The molecule has 0 aromatic heterocycles. The zero-order valence-corrected chi connectivity index (χ0v) is 12.5. The second-order valence-electron chi connectivity index (χ2n) is 6.92. The Bertz CT molecular complexity index is 295. The maximum atomic E-state index is 12.5. The fourth-order valence-corrected chi connectivity index (χ4v) is 3.84. The highest BCUT2D eigenvalue weighted by molar-refractivity contribution is 5.80. The van der Waals surface area contributed by atoms with Gasteiger partial charge in [-0.05, 0) is 43.9 Å². The molecule has 2 aliphatic carbocycles. The maximum Gasteiger partial charge on any atom is 0.225 e. The summed E-state index contributed by atoms with van der Waals surface area (Å²) < 4.78 is 0. The minimum Gasteiger partial charge on any atom is -0.353 e. The van der Waals surface area contributed by atoms with Gasteiger partial charge in [-0.2, -0.15) is 0 Å². The number of nitrogens with one attached hydrogen (secondary N) is 1. The molecule has 0 saturated heterocycles. The largest absolute Gasteiger partial charge is 0.353 e. The molecule has 0 heterocycles. The molecule has 5 unspecified atom stereocenters. The van der Waals surface area contributed by atoms with Crippen molar-refractivity contribution in [3.8, 4) is 0 Å². The van der Waals surface area contributed by atoms with E-state index in [1.165, 1.54) is 25.7 Å². The molecule has 110 valence electrons. The number of hydrogen-bond acceptors (Lipinski definition) is 2. The molecular weight excluding hydrogens is 236 g/mol. The molecule has 0 aromatic rings. The highest BCUT2D eigenvalue weighted by atomic mass is 16.2. The molecule has 2 fully saturated rings. The molecule has 2 rings (SSSR count). The van der Waals surface area contributed by atoms with Gasteiger partial charge in [-0.15, -0.1) is 0 Å². The van der Waals surface area contributed by atoms with Gasteiger partial charge in [0.2, 0.25) is 5.91 Å².